The molecule has 0 heterocycles. The van der Waals surface area contributed by atoms with E-state index in [1.807, 2.05) is 24.3 Å². The molecular formula is C52H95NO5. The maximum Gasteiger partial charge on any atom is 0.306 e. The molecule has 0 fully saturated rings. The van der Waals surface area contributed by atoms with Gasteiger partial charge in [0.05, 0.1) is 25.2 Å². The van der Waals surface area contributed by atoms with E-state index in [-0.39, 0.29) is 24.9 Å². The lowest BCUT2D eigenvalue weighted by atomic mass is 10.0. The molecular weight excluding hydrogens is 719 g/mol. The zero-order valence-corrected chi connectivity index (χ0v) is 38.4. The Labute approximate surface area is 359 Å². The van der Waals surface area contributed by atoms with E-state index < -0.39 is 18.2 Å². The van der Waals surface area contributed by atoms with Crippen LogP contribution in [0.2, 0.25) is 0 Å². The summed E-state index contributed by atoms with van der Waals surface area (Å²) in [5.41, 5.74) is 0. The van der Waals surface area contributed by atoms with Gasteiger partial charge in [-0.2, -0.15) is 0 Å². The Morgan fingerprint density at radius 1 is 0.517 bits per heavy atom. The van der Waals surface area contributed by atoms with Gasteiger partial charge in [0.25, 0.3) is 0 Å². The topological polar surface area (TPSA) is 95.9 Å². The highest BCUT2D eigenvalue weighted by Crippen LogP contribution is 2.18. The predicted octanol–water partition coefficient (Wildman–Crippen LogP) is 14.7. The van der Waals surface area contributed by atoms with Crippen molar-refractivity contribution >= 4 is 11.9 Å². The molecule has 0 aromatic heterocycles. The molecule has 0 aliphatic carbocycles. The van der Waals surface area contributed by atoms with Crippen LogP contribution in [-0.4, -0.2) is 46.9 Å². The van der Waals surface area contributed by atoms with Crippen molar-refractivity contribution in [2.24, 2.45) is 0 Å². The molecule has 3 N–H and O–H groups in total. The highest BCUT2D eigenvalue weighted by Gasteiger charge is 2.24. The highest BCUT2D eigenvalue weighted by molar-refractivity contribution is 5.77. The minimum Gasteiger partial charge on any atom is -0.462 e. The first-order chi connectivity index (χ1) is 28.5. The summed E-state index contributed by atoms with van der Waals surface area (Å²) in [6.07, 6.45) is 54.5. The normalized spacial score (nSPS) is 13.7. The largest absolute Gasteiger partial charge is 0.462 e. The van der Waals surface area contributed by atoms with Gasteiger partial charge in [-0.15, -0.1) is 0 Å². The first-order valence-corrected chi connectivity index (χ1v) is 24.9. The van der Waals surface area contributed by atoms with Crippen molar-refractivity contribution in [3.05, 3.63) is 48.6 Å². The second-order valence-corrected chi connectivity index (χ2v) is 16.9. The van der Waals surface area contributed by atoms with Gasteiger partial charge in [0.1, 0.15) is 6.10 Å². The summed E-state index contributed by atoms with van der Waals surface area (Å²) >= 11 is 0. The molecule has 58 heavy (non-hydrogen) atoms. The number of rotatable bonds is 44. The zero-order chi connectivity index (χ0) is 42.4. The van der Waals surface area contributed by atoms with Crippen LogP contribution in [0, 0.1) is 0 Å². The quantitative estimate of drug-likeness (QED) is 0.0323. The van der Waals surface area contributed by atoms with Gasteiger partial charge < -0.3 is 20.3 Å². The second kappa shape index (κ2) is 45.9. The molecule has 0 rings (SSSR count). The number of ether oxygens (including phenoxy) is 1. The molecule has 0 aliphatic heterocycles. The molecule has 3 unspecified atom stereocenters. The summed E-state index contributed by atoms with van der Waals surface area (Å²) in [7, 11) is 0. The lowest BCUT2D eigenvalue weighted by Gasteiger charge is -2.24. The number of aliphatic hydroxyl groups is 2. The number of nitrogens with one attached hydrogen (secondary N) is 1. The van der Waals surface area contributed by atoms with Crippen LogP contribution in [0.1, 0.15) is 245 Å². The number of carbonyl (C=O) groups excluding carboxylic acids is 2. The molecule has 0 spiro atoms. The molecule has 3 atom stereocenters. The van der Waals surface area contributed by atoms with E-state index in [2.05, 4.69) is 50.4 Å². The summed E-state index contributed by atoms with van der Waals surface area (Å²) in [6.45, 7) is 6.33. The number of amides is 1. The highest BCUT2D eigenvalue weighted by atomic mass is 16.5. The zero-order valence-electron chi connectivity index (χ0n) is 38.4. The van der Waals surface area contributed by atoms with Gasteiger partial charge in [-0.05, 0) is 44.9 Å². The van der Waals surface area contributed by atoms with Crippen LogP contribution in [-0.2, 0) is 14.3 Å². The smallest absolute Gasteiger partial charge is 0.306 e. The van der Waals surface area contributed by atoms with Crippen LogP contribution in [0.15, 0.2) is 48.6 Å². The summed E-state index contributed by atoms with van der Waals surface area (Å²) in [5.74, 6) is -0.508. The minimum absolute atomic E-state index is 0.0535. The van der Waals surface area contributed by atoms with Crippen molar-refractivity contribution in [1.29, 1.82) is 0 Å². The van der Waals surface area contributed by atoms with Crippen molar-refractivity contribution in [1.82, 2.24) is 5.32 Å². The number of carbonyl (C=O) groups is 2. The first-order valence-electron chi connectivity index (χ1n) is 24.9. The van der Waals surface area contributed by atoms with E-state index >= 15 is 0 Å². The van der Waals surface area contributed by atoms with Crippen molar-refractivity contribution in [2.75, 3.05) is 6.61 Å². The standard InChI is InChI=1S/C52H95NO5/c1-4-7-10-13-16-19-22-25-27-29-32-35-38-41-44-50(55)49(47-54)53-51(56)46-48(43-40-37-34-31-28-26-23-20-17-14-11-8-5-2)58-52(57)45-42-39-36-33-30-24-21-18-15-12-9-6-3/h8,11,14,17,20,23,26,28,48-50,54-55H,4-7,9-10,12-13,15-16,18-19,21-22,24-25,27,29-47H2,1-3H3,(H,53,56)/b11-8+,17-14+,23-20+,28-26-. The molecule has 338 valence electrons. The minimum atomic E-state index is -0.796. The second-order valence-electron chi connectivity index (χ2n) is 16.9. The third kappa shape index (κ3) is 40.6. The maximum absolute atomic E-state index is 13.2. The van der Waals surface area contributed by atoms with Crippen molar-refractivity contribution in [2.45, 2.75) is 264 Å². The molecule has 0 radical (unpaired) electrons. The van der Waals surface area contributed by atoms with E-state index in [0.717, 1.165) is 70.6 Å². The maximum atomic E-state index is 13.2. The predicted molar refractivity (Wildman–Crippen MR) is 250 cm³/mol. The van der Waals surface area contributed by atoms with Gasteiger partial charge in [0, 0.05) is 6.42 Å². The van der Waals surface area contributed by atoms with E-state index in [4.69, 9.17) is 4.74 Å². The Kier molecular flexibility index (Phi) is 44.2. The number of aliphatic hydroxyl groups excluding tert-OH is 2. The van der Waals surface area contributed by atoms with Gasteiger partial charge in [-0.3, -0.25) is 9.59 Å². The Hall–Kier alpha value is -2.18. The summed E-state index contributed by atoms with van der Waals surface area (Å²) in [5, 5.41) is 23.7. The van der Waals surface area contributed by atoms with Gasteiger partial charge >= 0.3 is 5.97 Å². The third-order valence-corrected chi connectivity index (χ3v) is 11.3. The van der Waals surface area contributed by atoms with Crippen molar-refractivity contribution < 1.29 is 24.5 Å². The number of hydrogen-bond acceptors (Lipinski definition) is 5. The molecule has 6 nitrogen and oxygen atoms in total. The van der Waals surface area contributed by atoms with E-state index in [9.17, 15) is 19.8 Å². The summed E-state index contributed by atoms with van der Waals surface area (Å²) in [4.78, 5) is 26.1. The Morgan fingerprint density at radius 3 is 1.41 bits per heavy atom. The Bertz CT molecular complexity index is 1000. The molecule has 0 saturated heterocycles. The lowest BCUT2D eigenvalue weighted by molar-refractivity contribution is -0.151. The molecule has 0 bridgehead atoms. The van der Waals surface area contributed by atoms with Gasteiger partial charge in [-0.1, -0.05) is 236 Å². The molecule has 1 amide bonds. The fraction of sp³-hybridized carbons (Fsp3) is 0.808. The molecule has 0 aromatic carbocycles. The van der Waals surface area contributed by atoms with E-state index in [1.165, 1.54) is 128 Å². The van der Waals surface area contributed by atoms with Gasteiger partial charge in [0.2, 0.25) is 5.91 Å². The van der Waals surface area contributed by atoms with Crippen LogP contribution in [0.5, 0.6) is 0 Å². The first kappa shape index (κ1) is 55.8. The molecule has 6 heteroatoms. The van der Waals surface area contributed by atoms with Crippen LogP contribution >= 0.6 is 0 Å². The molecule has 0 saturated carbocycles. The number of hydrogen-bond donors (Lipinski definition) is 3. The van der Waals surface area contributed by atoms with Gasteiger partial charge in [-0.25, -0.2) is 0 Å². The fourth-order valence-electron chi connectivity index (χ4n) is 7.50. The van der Waals surface area contributed by atoms with E-state index in [1.54, 1.807) is 0 Å². The number of allylic oxidation sites excluding steroid dienone is 8. The van der Waals surface area contributed by atoms with Crippen molar-refractivity contribution in [3.8, 4) is 0 Å². The van der Waals surface area contributed by atoms with Crippen LogP contribution < -0.4 is 5.32 Å². The van der Waals surface area contributed by atoms with Crippen molar-refractivity contribution in [3.63, 3.8) is 0 Å². The summed E-state index contributed by atoms with van der Waals surface area (Å²) < 4.78 is 5.90. The van der Waals surface area contributed by atoms with Gasteiger partial charge in [0.15, 0.2) is 0 Å². The molecule has 0 aliphatic rings. The molecule has 0 aromatic rings. The van der Waals surface area contributed by atoms with E-state index in [0.29, 0.717) is 19.3 Å². The Morgan fingerprint density at radius 2 is 0.931 bits per heavy atom. The number of unbranched alkanes of at least 4 members (excludes halogenated alkanes) is 27. The SMILES string of the molecule is CC/C=C/C=C/C=C/C=C\CCCCCC(CC(=O)NC(CO)C(O)CCCCCCCCCCCCCCCC)OC(=O)CCCCCCCCCCCCCC. The average molecular weight is 814 g/mol. The van der Waals surface area contributed by atoms with Crippen LogP contribution in [0.3, 0.4) is 0 Å². The fourth-order valence-corrected chi connectivity index (χ4v) is 7.50. The Balaban J connectivity index is 4.61. The number of esters is 1. The monoisotopic (exact) mass is 814 g/mol. The summed E-state index contributed by atoms with van der Waals surface area (Å²) in [6, 6.07) is -0.712. The lowest BCUT2D eigenvalue weighted by Crippen LogP contribution is -2.46. The third-order valence-electron chi connectivity index (χ3n) is 11.3. The van der Waals surface area contributed by atoms with Crippen LogP contribution in [0.4, 0.5) is 0 Å². The van der Waals surface area contributed by atoms with Crippen LogP contribution in [0.25, 0.3) is 0 Å². The average Bonchev–Trinajstić information content (AvgIpc) is 3.22.